The van der Waals surface area contributed by atoms with Gasteiger partial charge in [0.05, 0.1) is 5.69 Å². The van der Waals surface area contributed by atoms with Gasteiger partial charge in [-0.3, -0.25) is 4.79 Å². The van der Waals surface area contributed by atoms with Gasteiger partial charge in [0.2, 0.25) is 0 Å². The van der Waals surface area contributed by atoms with Gasteiger partial charge >= 0.3 is 0 Å². The van der Waals surface area contributed by atoms with Gasteiger partial charge in [0.25, 0.3) is 5.91 Å². The summed E-state index contributed by atoms with van der Waals surface area (Å²) >= 11 is 0. The number of rotatable bonds is 8. The Bertz CT molecular complexity index is 438. The molecule has 5 heteroatoms. The lowest BCUT2D eigenvalue weighted by Gasteiger charge is -2.24. The fraction of sp³-hybridized carbons (Fsp3) is 0.667. The summed E-state index contributed by atoms with van der Waals surface area (Å²) in [4.78, 5) is 12.2. The van der Waals surface area contributed by atoms with Gasteiger partial charge in [0.1, 0.15) is 5.69 Å². The zero-order chi connectivity index (χ0) is 15.2. The van der Waals surface area contributed by atoms with Gasteiger partial charge in [-0.1, -0.05) is 20.8 Å². The van der Waals surface area contributed by atoms with Crippen LogP contribution in [0.2, 0.25) is 0 Å². The number of nitrogens with one attached hydrogen (secondary N) is 1. The number of amides is 1. The molecule has 0 unspecified atom stereocenters. The molecule has 0 spiro atoms. The van der Waals surface area contributed by atoms with E-state index >= 15 is 0 Å². The van der Waals surface area contributed by atoms with Crippen LogP contribution in [0.5, 0.6) is 0 Å². The van der Waals surface area contributed by atoms with Crippen LogP contribution < -0.4 is 11.1 Å². The Morgan fingerprint density at radius 3 is 2.80 bits per heavy atom. The minimum Gasteiger partial charge on any atom is -0.397 e. The molecule has 1 aromatic heterocycles. The molecule has 0 fully saturated rings. The highest BCUT2D eigenvalue weighted by Gasteiger charge is 2.20. The molecule has 0 aliphatic carbocycles. The molecule has 0 radical (unpaired) electrons. The van der Waals surface area contributed by atoms with Crippen molar-refractivity contribution in [1.82, 2.24) is 9.88 Å². The molecule has 1 amide bonds. The number of aliphatic hydroxyl groups excluding tert-OH is 1. The average molecular weight is 281 g/mol. The summed E-state index contributed by atoms with van der Waals surface area (Å²) in [6.07, 6.45) is 4.38. The SMILES string of the molecule is CCCn1cc(N)cc1C(=O)NCC(C)(C)CCCO. The highest BCUT2D eigenvalue weighted by molar-refractivity contribution is 5.93. The van der Waals surface area contributed by atoms with Crippen molar-refractivity contribution in [2.45, 2.75) is 46.6 Å². The van der Waals surface area contributed by atoms with E-state index in [2.05, 4.69) is 26.1 Å². The Hall–Kier alpha value is -1.49. The normalized spacial score (nSPS) is 11.6. The fourth-order valence-corrected chi connectivity index (χ4v) is 2.21. The van der Waals surface area contributed by atoms with Crippen molar-refractivity contribution >= 4 is 11.6 Å². The van der Waals surface area contributed by atoms with Crippen LogP contribution in [0.15, 0.2) is 12.3 Å². The molecule has 5 nitrogen and oxygen atoms in total. The summed E-state index contributed by atoms with van der Waals surface area (Å²) < 4.78 is 1.89. The lowest BCUT2D eigenvalue weighted by molar-refractivity contribution is 0.0923. The number of aryl methyl sites for hydroxylation is 1. The van der Waals surface area contributed by atoms with E-state index in [1.807, 2.05) is 4.57 Å². The van der Waals surface area contributed by atoms with Crippen LogP contribution in [-0.2, 0) is 6.54 Å². The van der Waals surface area contributed by atoms with Gasteiger partial charge in [-0.05, 0) is 30.7 Å². The second kappa shape index (κ2) is 7.33. The van der Waals surface area contributed by atoms with Crippen LogP contribution in [-0.4, -0.2) is 28.7 Å². The zero-order valence-corrected chi connectivity index (χ0v) is 12.8. The first-order chi connectivity index (χ1) is 9.39. The van der Waals surface area contributed by atoms with E-state index < -0.39 is 0 Å². The smallest absolute Gasteiger partial charge is 0.268 e. The minimum atomic E-state index is -0.0905. The van der Waals surface area contributed by atoms with Crippen LogP contribution in [0, 0.1) is 5.41 Å². The minimum absolute atomic E-state index is 0.0217. The van der Waals surface area contributed by atoms with Gasteiger partial charge in [-0.25, -0.2) is 0 Å². The van der Waals surface area contributed by atoms with E-state index in [1.54, 1.807) is 12.3 Å². The van der Waals surface area contributed by atoms with Crippen LogP contribution >= 0.6 is 0 Å². The summed E-state index contributed by atoms with van der Waals surface area (Å²) in [5.41, 5.74) is 6.97. The van der Waals surface area contributed by atoms with Gasteiger partial charge in [0.15, 0.2) is 0 Å². The van der Waals surface area contributed by atoms with Crippen LogP contribution in [0.25, 0.3) is 0 Å². The quantitative estimate of drug-likeness (QED) is 0.682. The van der Waals surface area contributed by atoms with E-state index in [9.17, 15) is 4.79 Å². The lowest BCUT2D eigenvalue weighted by atomic mass is 9.88. The number of nitrogen functional groups attached to an aromatic ring is 1. The first kappa shape index (κ1) is 16.6. The topological polar surface area (TPSA) is 80.3 Å². The lowest BCUT2D eigenvalue weighted by Crippen LogP contribution is -2.35. The largest absolute Gasteiger partial charge is 0.397 e. The molecule has 1 rings (SSSR count). The standard InChI is InChI=1S/C15H27N3O2/c1-4-7-18-10-12(16)9-13(18)14(20)17-11-15(2,3)6-5-8-19/h9-10,19H,4-8,11,16H2,1-3H3,(H,17,20). The number of aromatic nitrogens is 1. The number of hydrogen-bond acceptors (Lipinski definition) is 3. The van der Waals surface area contributed by atoms with Crippen LogP contribution in [0.1, 0.15) is 50.5 Å². The molecule has 1 aromatic rings. The van der Waals surface area contributed by atoms with Gasteiger partial charge in [-0.2, -0.15) is 0 Å². The first-order valence-corrected chi connectivity index (χ1v) is 7.24. The Morgan fingerprint density at radius 2 is 2.20 bits per heavy atom. The van der Waals surface area contributed by atoms with Crippen LogP contribution in [0.4, 0.5) is 5.69 Å². The highest BCUT2D eigenvalue weighted by Crippen LogP contribution is 2.21. The average Bonchev–Trinajstić information content (AvgIpc) is 2.75. The predicted octanol–water partition coefficient (Wildman–Crippen LogP) is 2.01. The van der Waals surface area contributed by atoms with Gasteiger partial charge < -0.3 is 20.7 Å². The Balaban J connectivity index is 2.62. The second-order valence-corrected chi connectivity index (χ2v) is 6.03. The molecular formula is C15H27N3O2. The summed E-state index contributed by atoms with van der Waals surface area (Å²) in [5.74, 6) is -0.0905. The first-order valence-electron chi connectivity index (χ1n) is 7.24. The van der Waals surface area contributed by atoms with Crippen LogP contribution in [0.3, 0.4) is 0 Å². The van der Waals surface area contributed by atoms with Crippen molar-refractivity contribution in [3.63, 3.8) is 0 Å². The van der Waals surface area contributed by atoms with Crippen molar-refractivity contribution in [3.05, 3.63) is 18.0 Å². The van der Waals surface area contributed by atoms with Crippen molar-refractivity contribution < 1.29 is 9.90 Å². The number of carbonyl (C=O) groups is 1. The second-order valence-electron chi connectivity index (χ2n) is 6.03. The number of carbonyl (C=O) groups excluding carboxylic acids is 1. The van der Waals surface area contributed by atoms with Crippen molar-refractivity contribution in [1.29, 1.82) is 0 Å². The summed E-state index contributed by atoms with van der Waals surface area (Å²) in [7, 11) is 0. The molecule has 0 saturated heterocycles. The third-order valence-corrected chi connectivity index (χ3v) is 3.35. The molecule has 0 aromatic carbocycles. The van der Waals surface area contributed by atoms with Gasteiger partial charge in [-0.15, -0.1) is 0 Å². The third kappa shape index (κ3) is 4.89. The summed E-state index contributed by atoms with van der Waals surface area (Å²) in [6.45, 7) is 7.80. The predicted molar refractivity (Wildman–Crippen MR) is 81.6 cm³/mol. The van der Waals surface area contributed by atoms with E-state index in [0.29, 0.717) is 17.9 Å². The van der Waals surface area contributed by atoms with Crippen molar-refractivity contribution in [2.24, 2.45) is 5.41 Å². The Kier molecular flexibility index (Phi) is 6.07. The molecular weight excluding hydrogens is 254 g/mol. The Labute approximate surface area is 121 Å². The molecule has 4 N–H and O–H groups in total. The van der Waals surface area contributed by atoms with E-state index in [0.717, 1.165) is 25.8 Å². The molecule has 0 saturated carbocycles. The summed E-state index contributed by atoms with van der Waals surface area (Å²) in [5, 5.41) is 11.8. The molecule has 1 heterocycles. The third-order valence-electron chi connectivity index (χ3n) is 3.35. The number of nitrogens with zero attached hydrogens (tertiary/aromatic N) is 1. The number of anilines is 1. The van der Waals surface area contributed by atoms with Crippen molar-refractivity contribution in [3.8, 4) is 0 Å². The molecule has 114 valence electrons. The monoisotopic (exact) mass is 281 g/mol. The van der Waals surface area contributed by atoms with E-state index in [1.165, 1.54) is 0 Å². The number of hydrogen-bond donors (Lipinski definition) is 3. The molecule has 0 bridgehead atoms. The zero-order valence-electron chi connectivity index (χ0n) is 12.8. The maximum absolute atomic E-state index is 12.2. The molecule has 0 aliphatic heterocycles. The molecule has 20 heavy (non-hydrogen) atoms. The maximum atomic E-state index is 12.2. The van der Waals surface area contributed by atoms with E-state index in [-0.39, 0.29) is 17.9 Å². The number of aliphatic hydroxyl groups is 1. The van der Waals surface area contributed by atoms with Crippen molar-refractivity contribution in [2.75, 3.05) is 18.9 Å². The summed E-state index contributed by atoms with van der Waals surface area (Å²) in [6, 6.07) is 1.71. The number of nitrogens with two attached hydrogens (primary N) is 1. The van der Waals surface area contributed by atoms with Gasteiger partial charge in [0, 0.05) is 25.9 Å². The molecule has 0 aliphatic rings. The Morgan fingerprint density at radius 1 is 1.50 bits per heavy atom. The maximum Gasteiger partial charge on any atom is 0.268 e. The van der Waals surface area contributed by atoms with E-state index in [4.69, 9.17) is 10.8 Å². The highest BCUT2D eigenvalue weighted by atomic mass is 16.2. The molecule has 0 atom stereocenters. The fourth-order valence-electron chi connectivity index (χ4n) is 2.21.